The largest absolute Gasteiger partial charge is 0.456 e. The van der Waals surface area contributed by atoms with Crippen LogP contribution < -0.4 is 0 Å². The fraction of sp³-hybridized carbons (Fsp3) is 0.471. The number of Topliss-reactive ketones (excluding diaryl/α,β-unsaturated/α-hetero) is 1. The first-order valence-electron chi connectivity index (χ1n) is 8.14. The highest BCUT2D eigenvalue weighted by Gasteiger charge is 2.53. The Morgan fingerprint density at radius 1 is 1.46 bits per heavy atom. The van der Waals surface area contributed by atoms with Gasteiger partial charge in [0.15, 0.2) is 6.61 Å². The molecule has 2 aliphatic heterocycles. The number of nitro benzene ring substituents is 1. The first-order chi connectivity index (χ1) is 12.2. The number of ketones is 1. The van der Waals surface area contributed by atoms with Gasteiger partial charge in [-0.25, -0.2) is 4.79 Å². The molecule has 8 nitrogen and oxygen atoms in total. The van der Waals surface area contributed by atoms with E-state index in [-0.39, 0.29) is 22.0 Å². The van der Waals surface area contributed by atoms with Gasteiger partial charge in [0.2, 0.25) is 11.7 Å². The summed E-state index contributed by atoms with van der Waals surface area (Å²) in [7, 11) is 0. The Hall–Kier alpha value is -2.42. The van der Waals surface area contributed by atoms with Gasteiger partial charge < -0.3 is 9.64 Å². The fourth-order valence-corrected chi connectivity index (χ4v) is 4.71. The molecular formula is C17H18N2O6S. The van der Waals surface area contributed by atoms with Crippen LogP contribution >= 0.6 is 11.8 Å². The van der Waals surface area contributed by atoms with Gasteiger partial charge in [0.05, 0.1) is 9.79 Å². The van der Waals surface area contributed by atoms with Gasteiger partial charge in [-0.2, -0.15) is 0 Å². The number of nitrogens with zero attached hydrogens (tertiary/aromatic N) is 2. The van der Waals surface area contributed by atoms with Crippen LogP contribution in [0, 0.1) is 17.0 Å². The van der Waals surface area contributed by atoms with E-state index in [1.54, 1.807) is 11.8 Å². The fourth-order valence-electron chi connectivity index (χ4n) is 3.29. The summed E-state index contributed by atoms with van der Waals surface area (Å²) in [6, 6.07) is 3.43. The molecule has 9 heteroatoms. The number of benzene rings is 1. The minimum Gasteiger partial charge on any atom is -0.456 e. The van der Waals surface area contributed by atoms with Gasteiger partial charge in [0.1, 0.15) is 6.04 Å². The van der Waals surface area contributed by atoms with Gasteiger partial charge in [-0.15, -0.1) is 11.8 Å². The molecule has 3 rings (SSSR count). The predicted molar refractivity (Wildman–Crippen MR) is 93.9 cm³/mol. The number of rotatable bonds is 5. The van der Waals surface area contributed by atoms with Crippen LogP contribution in [0.5, 0.6) is 0 Å². The maximum Gasteiger partial charge on any atom is 0.330 e. The second-order valence-corrected chi connectivity index (χ2v) is 8.06. The molecule has 26 heavy (non-hydrogen) atoms. The topological polar surface area (TPSA) is 107 Å². The van der Waals surface area contributed by atoms with Gasteiger partial charge in [0.25, 0.3) is 5.69 Å². The quantitative estimate of drug-likeness (QED) is 0.334. The Morgan fingerprint density at radius 2 is 2.19 bits per heavy atom. The molecule has 0 N–H and O–H groups in total. The number of thioether (sulfide) groups is 1. The van der Waals surface area contributed by atoms with Gasteiger partial charge in [-0.05, 0) is 20.3 Å². The van der Waals surface area contributed by atoms with E-state index in [0.29, 0.717) is 24.2 Å². The summed E-state index contributed by atoms with van der Waals surface area (Å²) in [5.41, 5.74) is 0.393. The molecule has 0 saturated carbocycles. The van der Waals surface area contributed by atoms with Gasteiger partial charge in [-0.3, -0.25) is 19.7 Å². The normalized spacial score (nSPS) is 24.5. The number of hydrogen-bond acceptors (Lipinski definition) is 7. The number of esters is 1. The number of hydrogen-bond donors (Lipinski definition) is 0. The van der Waals surface area contributed by atoms with E-state index in [2.05, 4.69) is 0 Å². The van der Waals surface area contributed by atoms with Crippen LogP contribution in [0.15, 0.2) is 18.2 Å². The van der Waals surface area contributed by atoms with Crippen molar-refractivity contribution in [3.63, 3.8) is 0 Å². The maximum absolute atomic E-state index is 12.4. The average Bonchev–Trinajstić information content (AvgIpc) is 3.09. The zero-order chi connectivity index (χ0) is 19.1. The summed E-state index contributed by atoms with van der Waals surface area (Å²) in [5.74, 6) is -0.792. The lowest BCUT2D eigenvalue weighted by atomic mass is 10.1. The number of carbonyl (C=O) groups excluding carboxylic acids is 3. The molecule has 1 amide bonds. The highest BCUT2D eigenvalue weighted by molar-refractivity contribution is 8.01. The van der Waals surface area contributed by atoms with E-state index in [4.69, 9.17) is 4.74 Å². The van der Waals surface area contributed by atoms with Crippen molar-refractivity contribution in [1.82, 2.24) is 4.90 Å². The number of fused-ring (bicyclic) bond motifs is 1. The second-order valence-electron chi connectivity index (χ2n) is 6.55. The third-order valence-electron chi connectivity index (χ3n) is 4.79. The van der Waals surface area contributed by atoms with Crippen LogP contribution in [-0.4, -0.2) is 50.8 Å². The van der Waals surface area contributed by atoms with E-state index in [0.717, 1.165) is 0 Å². The number of carbonyl (C=O) groups is 3. The monoisotopic (exact) mass is 378 g/mol. The predicted octanol–water partition coefficient (Wildman–Crippen LogP) is 2.08. The Kier molecular flexibility index (Phi) is 4.74. The second kappa shape index (κ2) is 6.71. The van der Waals surface area contributed by atoms with E-state index in [1.165, 1.54) is 30.0 Å². The minimum atomic E-state index is -0.694. The molecule has 0 radical (unpaired) electrons. The van der Waals surface area contributed by atoms with Crippen molar-refractivity contribution < 1.29 is 24.0 Å². The number of ether oxygens (including phenoxy) is 1. The lowest BCUT2D eigenvalue weighted by Gasteiger charge is -2.29. The van der Waals surface area contributed by atoms with Crippen molar-refractivity contribution in [2.24, 2.45) is 0 Å². The van der Waals surface area contributed by atoms with Crippen molar-refractivity contribution in [3.8, 4) is 0 Å². The molecule has 2 fully saturated rings. The Bertz CT molecular complexity index is 810. The molecule has 2 heterocycles. The number of aryl methyl sites for hydroxylation is 1. The van der Waals surface area contributed by atoms with Crippen molar-refractivity contribution in [2.75, 3.05) is 12.4 Å². The average molecular weight is 378 g/mol. The Balaban J connectivity index is 1.65. The lowest BCUT2D eigenvalue weighted by Crippen LogP contribution is -2.46. The smallest absolute Gasteiger partial charge is 0.330 e. The molecule has 2 aliphatic rings. The summed E-state index contributed by atoms with van der Waals surface area (Å²) >= 11 is 1.54. The van der Waals surface area contributed by atoms with Crippen molar-refractivity contribution in [1.29, 1.82) is 0 Å². The van der Waals surface area contributed by atoms with Crippen LogP contribution in [0.4, 0.5) is 5.69 Å². The molecular weight excluding hydrogens is 360 g/mol. The molecule has 138 valence electrons. The summed E-state index contributed by atoms with van der Waals surface area (Å²) in [6.45, 7) is 2.99. The van der Waals surface area contributed by atoms with Gasteiger partial charge in [0, 0.05) is 29.4 Å². The summed E-state index contributed by atoms with van der Waals surface area (Å²) in [5, 5.41) is 11.0. The lowest BCUT2D eigenvalue weighted by molar-refractivity contribution is -0.385. The first kappa shape index (κ1) is 18.4. The van der Waals surface area contributed by atoms with E-state index in [1.807, 2.05) is 6.92 Å². The van der Waals surface area contributed by atoms with Gasteiger partial charge >= 0.3 is 5.97 Å². The van der Waals surface area contributed by atoms with Crippen molar-refractivity contribution >= 4 is 35.1 Å². The SMILES string of the molecule is Cc1ccc(C(=O)COC(=O)[C@H]2CS[C@@]3(C)CCC(=O)N23)cc1[N+](=O)[O-]. The Morgan fingerprint density at radius 3 is 2.88 bits per heavy atom. The molecule has 0 aromatic heterocycles. The minimum absolute atomic E-state index is 0.0834. The molecule has 1 aromatic carbocycles. The van der Waals surface area contributed by atoms with E-state index < -0.39 is 29.3 Å². The molecule has 1 aromatic rings. The van der Waals surface area contributed by atoms with Gasteiger partial charge in [-0.1, -0.05) is 12.1 Å². The van der Waals surface area contributed by atoms with Crippen molar-refractivity contribution in [3.05, 3.63) is 39.4 Å². The highest BCUT2D eigenvalue weighted by Crippen LogP contribution is 2.47. The molecule has 2 saturated heterocycles. The third-order valence-corrected chi connectivity index (χ3v) is 6.30. The van der Waals surface area contributed by atoms with Crippen LogP contribution in [0.3, 0.4) is 0 Å². The number of nitro groups is 1. The summed E-state index contributed by atoms with van der Waals surface area (Å²) in [4.78, 5) is 48.2. The van der Waals surface area contributed by atoms with E-state index >= 15 is 0 Å². The van der Waals surface area contributed by atoms with Crippen LogP contribution in [0.2, 0.25) is 0 Å². The number of amides is 1. The summed E-state index contributed by atoms with van der Waals surface area (Å²) in [6.07, 6.45) is 1.09. The highest BCUT2D eigenvalue weighted by atomic mass is 32.2. The first-order valence-corrected chi connectivity index (χ1v) is 9.12. The molecule has 0 spiro atoms. The Labute approximate surface area is 154 Å². The molecule has 0 unspecified atom stereocenters. The third kappa shape index (κ3) is 3.18. The van der Waals surface area contributed by atoms with Crippen LogP contribution in [-0.2, 0) is 14.3 Å². The standard InChI is InChI=1S/C17H18N2O6S/c1-10-3-4-11(7-12(10)19(23)24)14(20)8-25-16(22)13-9-26-17(2)6-5-15(21)18(13)17/h3-4,7,13H,5-6,8-9H2,1-2H3/t13-,17+/m1/s1. The van der Waals surface area contributed by atoms with Crippen LogP contribution in [0.25, 0.3) is 0 Å². The maximum atomic E-state index is 12.4. The summed E-state index contributed by atoms with van der Waals surface area (Å²) < 4.78 is 5.11. The zero-order valence-corrected chi connectivity index (χ0v) is 15.2. The van der Waals surface area contributed by atoms with Crippen LogP contribution in [0.1, 0.15) is 35.7 Å². The molecule has 0 bridgehead atoms. The van der Waals surface area contributed by atoms with Crippen molar-refractivity contribution in [2.45, 2.75) is 37.6 Å². The van der Waals surface area contributed by atoms with E-state index in [9.17, 15) is 24.5 Å². The zero-order valence-electron chi connectivity index (χ0n) is 14.4. The molecule has 0 aliphatic carbocycles. The molecule has 2 atom stereocenters.